The maximum Gasteiger partial charge on any atom is 0.408 e. The number of benzene rings is 2. The molecule has 18 heteroatoms. The molecule has 59 heavy (non-hydrogen) atoms. The molecular weight excluding hydrogens is 772 g/mol. The molecule has 2 aromatic rings. The molecule has 0 unspecified atom stereocenters. The van der Waals surface area contributed by atoms with E-state index in [0.29, 0.717) is 11.1 Å². The first-order valence-electron chi connectivity index (χ1n) is 18.1. The number of nitrogens with two attached hydrogens (primary N) is 2. The van der Waals surface area contributed by atoms with Crippen molar-refractivity contribution in [2.24, 2.45) is 11.5 Å². The molecule has 7 N–H and O–H groups in total. The van der Waals surface area contributed by atoms with Crippen molar-refractivity contribution >= 4 is 53.9 Å². The lowest BCUT2D eigenvalue weighted by Gasteiger charge is -2.23. The van der Waals surface area contributed by atoms with Gasteiger partial charge in [0.05, 0.1) is 14.2 Å². The van der Waals surface area contributed by atoms with E-state index in [4.69, 9.17) is 39.9 Å². The quantitative estimate of drug-likeness (QED) is 0.0427. The van der Waals surface area contributed by atoms with Crippen LogP contribution in [0.25, 0.3) is 12.2 Å². The number of hydrogen-bond donors (Lipinski definition) is 5. The van der Waals surface area contributed by atoms with Gasteiger partial charge in [-0.2, -0.15) is 0 Å². The third kappa shape index (κ3) is 18.8. The van der Waals surface area contributed by atoms with Crippen molar-refractivity contribution in [3.63, 3.8) is 0 Å². The average Bonchev–Trinajstić information content (AvgIpc) is 3.12. The number of primary amides is 2. The topological polar surface area (TPSA) is 271 Å². The Hall–Kier alpha value is -6.85. The SMILES string of the molecule is COc1cc(/C=C/C(=O)C=C(O)/C=C/c2ccc(OC(=O)[C@H](CCC(N)=O)NC(=O)OC(C)(C)C)c(OC)c2)ccc1OC(=O)[C@H](CCC(N)=O)NC(=O)OC(C)(C)C. The number of amides is 4. The summed E-state index contributed by atoms with van der Waals surface area (Å²) < 4.78 is 32.0. The number of ketones is 1. The fraction of sp³-hybridized carbons (Fsp3) is 0.390. The number of methoxy groups -OCH3 is 2. The zero-order valence-electron chi connectivity index (χ0n) is 34.2. The Morgan fingerprint density at radius 1 is 0.644 bits per heavy atom. The molecular formula is C41H52N4O14. The van der Waals surface area contributed by atoms with E-state index in [0.717, 1.165) is 6.08 Å². The van der Waals surface area contributed by atoms with Crippen molar-refractivity contribution in [2.75, 3.05) is 14.2 Å². The van der Waals surface area contributed by atoms with Crippen LogP contribution in [0, 0.1) is 0 Å². The Labute approximate surface area is 341 Å². The number of nitrogens with one attached hydrogen (secondary N) is 2. The van der Waals surface area contributed by atoms with Crippen LogP contribution in [0.3, 0.4) is 0 Å². The summed E-state index contributed by atoms with van der Waals surface area (Å²) in [5.41, 5.74) is 9.70. The zero-order chi connectivity index (χ0) is 44.5. The lowest BCUT2D eigenvalue weighted by Crippen LogP contribution is -2.45. The van der Waals surface area contributed by atoms with Crippen LogP contribution in [-0.2, 0) is 33.4 Å². The summed E-state index contributed by atoms with van der Waals surface area (Å²) in [5.74, 6) is -3.96. The van der Waals surface area contributed by atoms with Gasteiger partial charge in [0.2, 0.25) is 11.8 Å². The summed E-state index contributed by atoms with van der Waals surface area (Å²) in [6.45, 7) is 9.86. The first-order chi connectivity index (χ1) is 27.5. The summed E-state index contributed by atoms with van der Waals surface area (Å²) in [6.07, 6.45) is 3.76. The Bertz CT molecular complexity index is 1960. The van der Waals surface area contributed by atoms with Crippen molar-refractivity contribution in [3.05, 3.63) is 71.5 Å². The minimum atomic E-state index is -1.27. The highest BCUT2D eigenvalue weighted by atomic mass is 16.6. The second-order valence-corrected chi connectivity index (χ2v) is 14.7. The molecule has 4 amide bonds. The molecule has 0 fully saturated rings. The molecule has 0 radical (unpaired) electrons. The molecule has 0 saturated heterocycles. The van der Waals surface area contributed by atoms with Gasteiger partial charge in [0.1, 0.15) is 29.0 Å². The van der Waals surface area contributed by atoms with Crippen LogP contribution >= 0.6 is 0 Å². The van der Waals surface area contributed by atoms with Crippen LogP contribution in [-0.4, -0.2) is 84.3 Å². The molecule has 0 aromatic heterocycles. The molecule has 0 bridgehead atoms. The van der Waals surface area contributed by atoms with Gasteiger partial charge < -0.3 is 55.6 Å². The Morgan fingerprint density at radius 3 is 1.39 bits per heavy atom. The first kappa shape index (κ1) is 48.3. The van der Waals surface area contributed by atoms with E-state index in [1.165, 1.54) is 74.9 Å². The molecule has 2 atom stereocenters. The van der Waals surface area contributed by atoms with Crippen LogP contribution in [0.15, 0.2) is 60.4 Å². The molecule has 0 saturated carbocycles. The number of aliphatic hydroxyl groups excluding tert-OH is 1. The third-order valence-electron chi connectivity index (χ3n) is 7.28. The highest BCUT2D eigenvalue weighted by Crippen LogP contribution is 2.30. The van der Waals surface area contributed by atoms with Crippen LogP contribution in [0.1, 0.15) is 78.4 Å². The molecule has 0 spiro atoms. The summed E-state index contributed by atoms with van der Waals surface area (Å²) >= 11 is 0. The molecule has 320 valence electrons. The molecule has 0 heterocycles. The van der Waals surface area contributed by atoms with Crippen LogP contribution in [0.2, 0.25) is 0 Å². The first-order valence-corrected chi connectivity index (χ1v) is 18.1. The maximum absolute atomic E-state index is 13.0. The van der Waals surface area contributed by atoms with Gasteiger partial charge in [0.15, 0.2) is 28.8 Å². The van der Waals surface area contributed by atoms with Crippen LogP contribution in [0.5, 0.6) is 23.0 Å². The summed E-state index contributed by atoms with van der Waals surface area (Å²) in [6, 6.07) is 6.29. The molecule has 18 nitrogen and oxygen atoms in total. The van der Waals surface area contributed by atoms with Gasteiger partial charge in [0.25, 0.3) is 0 Å². The van der Waals surface area contributed by atoms with Crippen LogP contribution in [0.4, 0.5) is 9.59 Å². The van der Waals surface area contributed by atoms with Crippen molar-refractivity contribution in [2.45, 2.75) is 90.5 Å². The number of esters is 2. The standard InChI is InChI=1S/C41H52N4O14/c1-40(2,3)58-38(52)44-28(15-19-34(42)48)36(50)56-30-17-11-24(21-32(30)54-7)9-13-26(46)23-27(47)14-10-25-12-18-31(33(22-25)55-8)57-37(51)29(16-20-35(43)49)45-39(53)59-41(4,5)6/h9-14,17-18,21-23,28-29,46H,15-16,19-20H2,1-8H3,(H2,42,48)(H2,43,49)(H,44,52)(H,45,53)/b13-9+,14-10+,26-23?/t28-,29-/m0/s1. The van der Waals surface area contributed by atoms with Crippen molar-refractivity contribution in [3.8, 4) is 23.0 Å². The molecule has 2 aromatic carbocycles. The largest absolute Gasteiger partial charge is 0.508 e. The van der Waals surface area contributed by atoms with E-state index in [2.05, 4.69) is 10.6 Å². The number of ether oxygens (including phenoxy) is 6. The lowest BCUT2D eigenvalue weighted by atomic mass is 10.1. The maximum atomic E-state index is 13.0. The van der Waals surface area contributed by atoms with Gasteiger partial charge in [-0.05, 0) is 102 Å². The summed E-state index contributed by atoms with van der Waals surface area (Å²) in [5, 5.41) is 15.2. The lowest BCUT2D eigenvalue weighted by molar-refractivity contribution is -0.138. The predicted molar refractivity (Wildman–Crippen MR) is 214 cm³/mol. The molecule has 0 aliphatic carbocycles. The third-order valence-corrected chi connectivity index (χ3v) is 7.28. The van der Waals surface area contributed by atoms with E-state index in [-0.39, 0.29) is 48.7 Å². The van der Waals surface area contributed by atoms with E-state index in [1.807, 2.05) is 0 Å². The number of carbonyl (C=O) groups is 7. The Morgan fingerprint density at radius 2 is 1.03 bits per heavy atom. The van der Waals surface area contributed by atoms with Gasteiger partial charge in [-0.3, -0.25) is 14.4 Å². The number of hydrogen-bond acceptors (Lipinski definition) is 14. The monoisotopic (exact) mass is 824 g/mol. The van der Waals surface area contributed by atoms with Gasteiger partial charge in [-0.25, -0.2) is 19.2 Å². The molecule has 0 aliphatic heterocycles. The number of allylic oxidation sites excluding steroid dienone is 3. The average molecular weight is 825 g/mol. The van der Waals surface area contributed by atoms with Crippen molar-refractivity contribution in [1.82, 2.24) is 10.6 Å². The fourth-order valence-electron chi connectivity index (χ4n) is 4.68. The number of alkyl carbamates (subject to hydrolysis) is 2. The van der Waals surface area contributed by atoms with Crippen LogP contribution < -0.4 is 41.0 Å². The van der Waals surface area contributed by atoms with E-state index < -0.39 is 70.8 Å². The number of aliphatic hydroxyl groups is 1. The normalized spacial score (nSPS) is 12.8. The van der Waals surface area contributed by atoms with Gasteiger partial charge in [-0.15, -0.1) is 0 Å². The minimum absolute atomic E-state index is 0.00720. The van der Waals surface area contributed by atoms with Crippen molar-refractivity contribution < 1.29 is 67.1 Å². The smallest absolute Gasteiger partial charge is 0.408 e. The summed E-state index contributed by atoms with van der Waals surface area (Å²) in [7, 11) is 2.66. The predicted octanol–water partition coefficient (Wildman–Crippen LogP) is 4.57. The number of rotatable bonds is 19. The molecule has 0 aliphatic rings. The van der Waals surface area contributed by atoms with Gasteiger partial charge >= 0.3 is 24.1 Å². The number of carbonyl (C=O) groups excluding carboxylic acids is 7. The van der Waals surface area contributed by atoms with E-state index in [9.17, 15) is 38.7 Å². The van der Waals surface area contributed by atoms with Crippen molar-refractivity contribution in [1.29, 1.82) is 0 Å². The minimum Gasteiger partial charge on any atom is -0.508 e. The summed E-state index contributed by atoms with van der Waals surface area (Å²) in [4.78, 5) is 86.0. The fourth-order valence-corrected chi connectivity index (χ4v) is 4.68. The highest BCUT2D eigenvalue weighted by Gasteiger charge is 2.29. The van der Waals surface area contributed by atoms with Gasteiger partial charge in [0, 0.05) is 18.9 Å². The second kappa shape index (κ2) is 22.2. The second-order valence-electron chi connectivity index (χ2n) is 14.7. The Kier molecular flexibility index (Phi) is 18.2. The molecule has 2 rings (SSSR count). The van der Waals surface area contributed by atoms with Gasteiger partial charge in [-0.1, -0.05) is 24.3 Å². The highest BCUT2D eigenvalue weighted by molar-refractivity contribution is 6.02. The van der Waals surface area contributed by atoms with E-state index in [1.54, 1.807) is 41.5 Å². The Balaban J connectivity index is 2.13. The zero-order valence-corrected chi connectivity index (χ0v) is 34.2. The van der Waals surface area contributed by atoms with E-state index >= 15 is 0 Å².